The standard InChI is InChI=1S/C15H27N3/c1-5-9-18(11-10-17(3)4)12-14-7-6-8-15(16)13(14)2/h6-8H,5,9-12,16H2,1-4H3. The third-order valence-corrected chi connectivity index (χ3v) is 3.29. The lowest BCUT2D eigenvalue weighted by Crippen LogP contribution is -2.32. The molecule has 3 nitrogen and oxygen atoms in total. The van der Waals surface area contributed by atoms with Crippen LogP contribution in [-0.4, -0.2) is 43.5 Å². The van der Waals surface area contributed by atoms with Crippen LogP contribution in [0.15, 0.2) is 18.2 Å². The maximum atomic E-state index is 5.97. The summed E-state index contributed by atoms with van der Waals surface area (Å²) in [5.41, 5.74) is 9.44. The fourth-order valence-electron chi connectivity index (χ4n) is 2.04. The van der Waals surface area contributed by atoms with Gasteiger partial charge in [-0.05, 0) is 51.2 Å². The summed E-state index contributed by atoms with van der Waals surface area (Å²) in [4.78, 5) is 4.73. The Morgan fingerprint density at radius 2 is 1.83 bits per heavy atom. The fraction of sp³-hybridized carbons (Fsp3) is 0.600. The third kappa shape index (κ3) is 4.67. The average Bonchev–Trinajstić information content (AvgIpc) is 2.32. The number of hydrogen-bond donors (Lipinski definition) is 1. The van der Waals surface area contributed by atoms with E-state index < -0.39 is 0 Å². The number of nitrogens with two attached hydrogens (primary N) is 1. The Morgan fingerprint density at radius 1 is 1.11 bits per heavy atom. The first-order valence-electron chi connectivity index (χ1n) is 6.75. The Kier molecular flexibility index (Phi) is 6.16. The Labute approximate surface area is 112 Å². The van der Waals surface area contributed by atoms with Crippen LogP contribution in [0.1, 0.15) is 24.5 Å². The maximum Gasteiger partial charge on any atom is 0.0346 e. The lowest BCUT2D eigenvalue weighted by Gasteiger charge is -2.24. The van der Waals surface area contributed by atoms with E-state index in [0.717, 1.165) is 31.9 Å². The van der Waals surface area contributed by atoms with Gasteiger partial charge in [0.1, 0.15) is 0 Å². The molecule has 0 aliphatic heterocycles. The second kappa shape index (κ2) is 7.39. The van der Waals surface area contributed by atoms with E-state index in [1.165, 1.54) is 17.5 Å². The highest BCUT2D eigenvalue weighted by molar-refractivity contribution is 5.49. The molecule has 0 atom stereocenters. The first kappa shape index (κ1) is 15.0. The average molecular weight is 249 g/mol. The van der Waals surface area contributed by atoms with Crippen LogP contribution in [0.3, 0.4) is 0 Å². The van der Waals surface area contributed by atoms with Gasteiger partial charge in [0.25, 0.3) is 0 Å². The van der Waals surface area contributed by atoms with Gasteiger partial charge < -0.3 is 10.6 Å². The second-order valence-electron chi connectivity index (χ2n) is 5.21. The van der Waals surface area contributed by atoms with Crippen LogP contribution in [0.2, 0.25) is 0 Å². The van der Waals surface area contributed by atoms with E-state index in [4.69, 9.17) is 5.73 Å². The summed E-state index contributed by atoms with van der Waals surface area (Å²) in [5.74, 6) is 0. The second-order valence-corrected chi connectivity index (χ2v) is 5.21. The molecule has 0 fully saturated rings. The summed E-state index contributed by atoms with van der Waals surface area (Å²) in [6.45, 7) is 8.69. The molecule has 3 heteroatoms. The topological polar surface area (TPSA) is 32.5 Å². The van der Waals surface area contributed by atoms with E-state index in [9.17, 15) is 0 Å². The Bertz CT molecular complexity index is 361. The van der Waals surface area contributed by atoms with Crippen LogP contribution in [0.25, 0.3) is 0 Å². The van der Waals surface area contributed by atoms with Gasteiger partial charge in [0.15, 0.2) is 0 Å². The molecule has 0 bridgehead atoms. The van der Waals surface area contributed by atoms with Gasteiger partial charge in [0.2, 0.25) is 0 Å². The van der Waals surface area contributed by atoms with Gasteiger partial charge >= 0.3 is 0 Å². The molecule has 0 aromatic heterocycles. The van der Waals surface area contributed by atoms with Crippen molar-refractivity contribution in [3.63, 3.8) is 0 Å². The molecule has 18 heavy (non-hydrogen) atoms. The monoisotopic (exact) mass is 249 g/mol. The summed E-state index contributed by atoms with van der Waals surface area (Å²) in [5, 5.41) is 0. The SMILES string of the molecule is CCCN(CCN(C)C)Cc1cccc(N)c1C. The lowest BCUT2D eigenvalue weighted by atomic mass is 10.1. The number of hydrogen-bond acceptors (Lipinski definition) is 3. The molecule has 1 aromatic carbocycles. The van der Waals surface area contributed by atoms with E-state index in [2.05, 4.69) is 43.8 Å². The molecular formula is C15H27N3. The first-order valence-corrected chi connectivity index (χ1v) is 6.75. The first-order chi connectivity index (χ1) is 8.54. The quantitative estimate of drug-likeness (QED) is 0.753. The molecular weight excluding hydrogens is 222 g/mol. The molecule has 0 heterocycles. The van der Waals surface area contributed by atoms with Crippen molar-refractivity contribution >= 4 is 5.69 Å². The van der Waals surface area contributed by atoms with Gasteiger partial charge in [0.05, 0.1) is 0 Å². The van der Waals surface area contributed by atoms with E-state index in [-0.39, 0.29) is 0 Å². The zero-order valence-corrected chi connectivity index (χ0v) is 12.2. The lowest BCUT2D eigenvalue weighted by molar-refractivity contribution is 0.233. The number of nitrogen functional groups attached to an aromatic ring is 1. The van der Waals surface area contributed by atoms with Gasteiger partial charge in [-0.15, -0.1) is 0 Å². The minimum absolute atomic E-state index is 0.900. The third-order valence-electron chi connectivity index (χ3n) is 3.29. The fourth-order valence-corrected chi connectivity index (χ4v) is 2.04. The van der Waals surface area contributed by atoms with Crippen molar-refractivity contribution in [3.8, 4) is 0 Å². The van der Waals surface area contributed by atoms with Gasteiger partial charge in [-0.1, -0.05) is 19.1 Å². The van der Waals surface area contributed by atoms with Crippen molar-refractivity contribution in [1.29, 1.82) is 0 Å². The molecule has 0 aliphatic carbocycles. The Hall–Kier alpha value is -1.06. The highest BCUT2D eigenvalue weighted by Crippen LogP contribution is 2.17. The molecule has 2 N–H and O–H groups in total. The van der Waals surface area contributed by atoms with Gasteiger partial charge in [-0.2, -0.15) is 0 Å². The Balaban J connectivity index is 2.67. The number of anilines is 1. The zero-order chi connectivity index (χ0) is 13.5. The highest BCUT2D eigenvalue weighted by Gasteiger charge is 2.08. The minimum Gasteiger partial charge on any atom is -0.399 e. The van der Waals surface area contributed by atoms with Gasteiger partial charge in [-0.25, -0.2) is 0 Å². The van der Waals surface area contributed by atoms with Crippen LogP contribution >= 0.6 is 0 Å². The van der Waals surface area contributed by atoms with E-state index in [1.54, 1.807) is 0 Å². The molecule has 102 valence electrons. The van der Waals surface area contributed by atoms with Crippen molar-refractivity contribution < 1.29 is 0 Å². The van der Waals surface area contributed by atoms with Crippen molar-refractivity contribution in [2.24, 2.45) is 0 Å². The maximum absolute atomic E-state index is 5.97. The molecule has 0 radical (unpaired) electrons. The summed E-state index contributed by atoms with van der Waals surface area (Å²) < 4.78 is 0. The van der Waals surface area contributed by atoms with Crippen LogP contribution in [0.4, 0.5) is 5.69 Å². The predicted octanol–water partition coefficient (Wildman–Crippen LogP) is 2.35. The number of rotatable bonds is 7. The summed E-state index contributed by atoms with van der Waals surface area (Å²) in [6.07, 6.45) is 1.19. The van der Waals surface area contributed by atoms with Crippen LogP contribution in [0.5, 0.6) is 0 Å². The van der Waals surface area contributed by atoms with E-state index >= 15 is 0 Å². The van der Waals surface area contributed by atoms with Crippen molar-refractivity contribution in [2.75, 3.05) is 39.5 Å². The van der Waals surface area contributed by atoms with Crippen molar-refractivity contribution in [1.82, 2.24) is 9.80 Å². The summed E-state index contributed by atoms with van der Waals surface area (Å²) in [6, 6.07) is 6.21. The summed E-state index contributed by atoms with van der Waals surface area (Å²) >= 11 is 0. The zero-order valence-electron chi connectivity index (χ0n) is 12.2. The molecule has 0 unspecified atom stereocenters. The van der Waals surface area contributed by atoms with E-state index in [1.807, 2.05) is 12.1 Å². The molecule has 0 spiro atoms. The molecule has 0 aliphatic rings. The molecule has 0 saturated carbocycles. The number of likely N-dealkylation sites (N-methyl/N-ethyl adjacent to an activating group) is 1. The van der Waals surface area contributed by atoms with Crippen molar-refractivity contribution in [3.05, 3.63) is 29.3 Å². The predicted molar refractivity (Wildman–Crippen MR) is 79.7 cm³/mol. The van der Waals surface area contributed by atoms with E-state index in [0.29, 0.717) is 0 Å². The van der Waals surface area contributed by atoms with Crippen LogP contribution in [0, 0.1) is 6.92 Å². The number of benzene rings is 1. The summed E-state index contributed by atoms with van der Waals surface area (Å²) in [7, 11) is 4.24. The van der Waals surface area contributed by atoms with Crippen molar-refractivity contribution in [2.45, 2.75) is 26.8 Å². The Morgan fingerprint density at radius 3 is 2.44 bits per heavy atom. The molecule has 1 aromatic rings. The van der Waals surface area contributed by atoms with Gasteiger partial charge in [-0.3, -0.25) is 4.90 Å². The van der Waals surface area contributed by atoms with Gasteiger partial charge in [0, 0.05) is 25.3 Å². The molecule has 1 rings (SSSR count). The largest absolute Gasteiger partial charge is 0.399 e. The molecule has 0 amide bonds. The van der Waals surface area contributed by atoms with Crippen LogP contribution in [-0.2, 0) is 6.54 Å². The smallest absolute Gasteiger partial charge is 0.0346 e. The molecule has 0 saturated heterocycles. The number of nitrogens with zero attached hydrogens (tertiary/aromatic N) is 2. The normalized spacial score (nSPS) is 11.4. The minimum atomic E-state index is 0.900. The highest BCUT2D eigenvalue weighted by atomic mass is 15.2. The van der Waals surface area contributed by atoms with Crippen LogP contribution < -0.4 is 5.73 Å².